The van der Waals surface area contributed by atoms with Crippen molar-refractivity contribution >= 4 is 23.2 Å². The molecule has 1 saturated heterocycles. The van der Waals surface area contributed by atoms with Crippen molar-refractivity contribution in [2.45, 2.75) is 32.7 Å². The monoisotopic (exact) mass is 266 g/mol. The van der Waals surface area contributed by atoms with Gasteiger partial charge in [0, 0.05) is 0 Å². The normalized spacial score (nSPS) is 17.7. The lowest BCUT2D eigenvalue weighted by molar-refractivity contribution is -0.120. The van der Waals surface area contributed by atoms with E-state index in [0.29, 0.717) is 5.02 Å². The van der Waals surface area contributed by atoms with E-state index >= 15 is 0 Å². The highest BCUT2D eigenvalue weighted by atomic mass is 35.5. The molecule has 1 heterocycles. The van der Waals surface area contributed by atoms with E-state index in [4.69, 9.17) is 11.6 Å². The van der Waals surface area contributed by atoms with Crippen LogP contribution in [0.25, 0.3) is 0 Å². The van der Waals surface area contributed by atoms with E-state index < -0.39 is 0 Å². The summed E-state index contributed by atoms with van der Waals surface area (Å²) in [5.74, 6) is 0.0214. The van der Waals surface area contributed by atoms with E-state index in [2.05, 4.69) is 10.2 Å². The van der Waals surface area contributed by atoms with Crippen LogP contribution in [0, 0.1) is 6.92 Å². The maximum Gasteiger partial charge on any atom is 0.241 e. The predicted octanol–water partition coefficient (Wildman–Crippen LogP) is 3.07. The fraction of sp³-hybridized carbons (Fsp3) is 0.500. The number of anilines is 1. The first-order valence-electron chi connectivity index (χ1n) is 6.39. The standard InChI is InChI=1S/C14H19ClN2O/c1-10-6-5-7-12(15)13(10)16-14(18)11(2)17-8-3-4-9-17/h5-7,11H,3-4,8-9H2,1-2H3,(H,16,18)/t11-/m0/s1. The van der Waals surface area contributed by atoms with Crippen molar-refractivity contribution in [3.05, 3.63) is 28.8 Å². The van der Waals surface area contributed by atoms with Crippen LogP contribution in [0.15, 0.2) is 18.2 Å². The highest BCUT2D eigenvalue weighted by Gasteiger charge is 2.24. The number of amides is 1. The summed E-state index contributed by atoms with van der Waals surface area (Å²) in [7, 11) is 0. The summed E-state index contributed by atoms with van der Waals surface area (Å²) in [6.45, 7) is 5.92. The summed E-state index contributed by atoms with van der Waals surface area (Å²) in [4.78, 5) is 14.4. The number of halogens is 1. The number of likely N-dealkylation sites (tertiary alicyclic amines) is 1. The highest BCUT2D eigenvalue weighted by molar-refractivity contribution is 6.34. The van der Waals surface area contributed by atoms with Gasteiger partial charge >= 0.3 is 0 Å². The van der Waals surface area contributed by atoms with Gasteiger partial charge in [-0.2, -0.15) is 0 Å². The van der Waals surface area contributed by atoms with Crippen molar-refractivity contribution in [1.82, 2.24) is 4.90 Å². The van der Waals surface area contributed by atoms with Gasteiger partial charge in [-0.1, -0.05) is 23.7 Å². The summed E-state index contributed by atoms with van der Waals surface area (Å²) in [5, 5.41) is 3.54. The number of nitrogens with one attached hydrogen (secondary N) is 1. The second kappa shape index (κ2) is 5.72. The van der Waals surface area contributed by atoms with Gasteiger partial charge in [-0.25, -0.2) is 0 Å². The number of benzene rings is 1. The topological polar surface area (TPSA) is 32.3 Å². The average Bonchev–Trinajstić information content (AvgIpc) is 2.86. The van der Waals surface area contributed by atoms with E-state index in [9.17, 15) is 4.79 Å². The van der Waals surface area contributed by atoms with Crippen molar-refractivity contribution < 1.29 is 4.79 Å². The lowest BCUT2D eigenvalue weighted by Gasteiger charge is -2.23. The second-order valence-corrected chi connectivity index (χ2v) is 5.25. The molecule has 18 heavy (non-hydrogen) atoms. The van der Waals surface area contributed by atoms with Gasteiger partial charge in [-0.05, 0) is 51.4 Å². The Balaban J connectivity index is 2.06. The Kier molecular flexibility index (Phi) is 4.25. The molecule has 3 nitrogen and oxygen atoms in total. The van der Waals surface area contributed by atoms with E-state index in [-0.39, 0.29) is 11.9 Å². The molecule has 2 rings (SSSR count). The molecule has 0 radical (unpaired) electrons. The molecule has 0 unspecified atom stereocenters. The van der Waals surface area contributed by atoms with Crippen molar-refractivity contribution in [3.63, 3.8) is 0 Å². The molecule has 1 aromatic rings. The summed E-state index contributed by atoms with van der Waals surface area (Å²) >= 11 is 6.11. The van der Waals surface area contributed by atoms with Crippen LogP contribution in [0.3, 0.4) is 0 Å². The zero-order valence-corrected chi connectivity index (χ0v) is 11.6. The molecule has 1 aliphatic heterocycles. The third-order valence-electron chi connectivity index (χ3n) is 3.54. The van der Waals surface area contributed by atoms with Gasteiger partial charge < -0.3 is 5.32 Å². The van der Waals surface area contributed by atoms with Gasteiger partial charge in [0.1, 0.15) is 0 Å². The van der Waals surface area contributed by atoms with Crippen LogP contribution in [0.4, 0.5) is 5.69 Å². The summed E-state index contributed by atoms with van der Waals surface area (Å²) in [6.07, 6.45) is 2.37. The number of nitrogens with zero attached hydrogens (tertiary/aromatic N) is 1. The van der Waals surface area contributed by atoms with Crippen LogP contribution in [-0.4, -0.2) is 29.9 Å². The molecule has 0 bridgehead atoms. The molecular formula is C14H19ClN2O. The first-order chi connectivity index (χ1) is 8.59. The molecule has 4 heteroatoms. The number of carbonyl (C=O) groups excluding carboxylic acids is 1. The van der Waals surface area contributed by atoms with Crippen molar-refractivity contribution in [2.24, 2.45) is 0 Å². The number of para-hydroxylation sites is 1. The summed E-state index contributed by atoms with van der Waals surface area (Å²) < 4.78 is 0. The molecule has 1 aromatic carbocycles. The van der Waals surface area contributed by atoms with Crippen LogP contribution in [0.5, 0.6) is 0 Å². The van der Waals surface area contributed by atoms with Crippen LogP contribution < -0.4 is 5.32 Å². The van der Waals surface area contributed by atoms with Gasteiger partial charge in [-0.3, -0.25) is 9.69 Å². The second-order valence-electron chi connectivity index (χ2n) is 4.84. The van der Waals surface area contributed by atoms with Crippen LogP contribution in [0.2, 0.25) is 5.02 Å². The Morgan fingerprint density at radius 2 is 2.06 bits per heavy atom. The predicted molar refractivity (Wildman–Crippen MR) is 75.1 cm³/mol. The van der Waals surface area contributed by atoms with Gasteiger partial charge in [0.2, 0.25) is 5.91 Å². The molecule has 1 aliphatic rings. The smallest absolute Gasteiger partial charge is 0.241 e. The van der Waals surface area contributed by atoms with Gasteiger partial charge in [0.25, 0.3) is 0 Å². The first kappa shape index (κ1) is 13.4. The molecule has 0 aliphatic carbocycles. The number of rotatable bonds is 3. The molecule has 98 valence electrons. The van der Waals surface area contributed by atoms with E-state index in [1.165, 1.54) is 12.8 Å². The number of aryl methyl sites for hydroxylation is 1. The summed E-state index contributed by atoms with van der Waals surface area (Å²) in [5.41, 5.74) is 1.72. The quantitative estimate of drug-likeness (QED) is 0.912. The maximum absolute atomic E-state index is 12.2. The fourth-order valence-electron chi connectivity index (χ4n) is 2.31. The van der Waals surface area contributed by atoms with Crippen molar-refractivity contribution in [1.29, 1.82) is 0 Å². The Bertz CT molecular complexity index is 421. The van der Waals surface area contributed by atoms with Gasteiger partial charge in [0.05, 0.1) is 16.8 Å². The van der Waals surface area contributed by atoms with Crippen molar-refractivity contribution in [3.8, 4) is 0 Å². The van der Waals surface area contributed by atoms with Gasteiger partial charge in [0.15, 0.2) is 0 Å². The van der Waals surface area contributed by atoms with Crippen LogP contribution >= 0.6 is 11.6 Å². The average molecular weight is 267 g/mol. The minimum atomic E-state index is -0.0943. The minimum Gasteiger partial charge on any atom is -0.323 e. The molecule has 0 saturated carbocycles. The molecular weight excluding hydrogens is 248 g/mol. The number of carbonyl (C=O) groups is 1. The summed E-state index contributed by atoms with van der Waals surface area (Å²) in [6, 6.07) is 5.53. The fourth-order valence-corrected chi connectivity index (χ4v) is 2.58. The Morgan fingerprint density at radius 1 is 1.39 bits per heavy atom. The molecule has 1 amide bonds. The molecule has 1 N–H and O–H groups in total. The molecule has 1 fully saturated rings. The van der Waals surface area contributed by atoms with E-state index in [1.807, 2.05) is 26.0 Å². The number of hydrogen-bond donors (Lipinski definition) is 1. The third kappa shape index (κ3) is 2.85. The lowest BCUT2D eigenvalue weighted by Crippen LogP contribution is -2.40. The zero-order valence-electron chi connectivity index (χ0n) is 10.9. The van der Waals surface area contributed by atoms with Crippen LogP contribution in [0.1, 0.15) is 25.3 Å². The van der Waals surface area contributed by atoms with Gasteiger partial charge in [-0.15, -0.1) is 0 Å². The first-order valence-corrected chi connectivity index (χ1v) is 6.77. The highest BCUT2D eigenvalue weighted by Crippen LogP contribution is 2.25. The minimum absolute atomic E-state index is 0.0214. The third-order valence-corrected chi connectivity index (χ3v) is 3.85. The largest absolute Gasteiger partial charge is 0.323 e. The van der Waals surface area contributed by atoms with Crippen LogP contribution in [-0.2, 0) is 4.79 Å². The maximum atomic E-state index is 12.2. The lowest BCUT2D eigenvalue weighted by atomic mass is 10.2. The SMILES string of the molecule is Cc1cccc(Cl)c1NC(=O)[C@H](C)N1CCCC1. The molecule has 0 spiro atoms. The Hall–Kier alpha value is -1.06. The number of hydrogen-bond acceptors (Lipinski definition) is 2. The Morgan fingerprint density at radius 3 is 2.67 bits per heavy atom. The molecule has 1 atom stereocenters. The molecule has 0 aromatic heterocycles. The van der Waals surface area contributed by atoms with E-state index in [0.717, 1.165) is 24.3 Å². The van der Waals surface area contributed by atoms with E-state index in [1.54, 1.807) is 6.07 Å². The Labute approximate surface area is 113 Å². The van der Waals surface area contributed by atoms with Crippen molar-refractivity contribution in [2.75, 3.05) is 18.4 Å². The zero-order chi connectivity index (χ0) is 13.1.